The van der Waals surface area contributed by atoms with Crippen LogP contribution in [0.1, 0.15) is 52.4 Å². The summed E-state index contributed by atoms with van der Waals surface area (Å²) in [5.41, 5.74) is 6.64. The molecule has 0 spiro atoms. The summed E-state index contributed by atoms with van der Waals surface area (Å²) in [5.74, 6) is 5.76. The fourth-order valence-corrected chi connectivity index (χ4v) is 1.35. The van der Waals surface area contributed by atoms with Gasteiger partial charge in [0.05, 0.1) is 0 Å². The summed E-state index contributed by atoms with van der Waals surface area (Å²) in [7, 11) is 0. The number of allylic oxidation sites excluding steroid dienone is 1. The smallest absolute Gasteiger partial charge is 0.0342 e. The van der Waals surface area contributed by atoms with E-state index in [1.165, 1.54) is 19.3 Å². The van der Waals surface area contributed by atoms with Crippen LogP contribution in [0.2, 0.25) is 0 Å². The number of hydrogen-bond acceptors (Lipinski definition) is 3. The van der Waals surface area contributed by atoms with Gasteiger partial charge in [-0.15, -0.1) is 0 Å². The van der Waals surface area contributed by atoms with Crippen LogP contribution < -0.4 is 11.6 Å². The van der Waals surface area contributed by atoms with Crippen LogP contribution in [0.25, 0.3) is 0 Å². The molecule has 3 heteroatoms. The van der Waals surface area contributed by atoms with E-state index in [9.17, 15) is 0 Å². The van der Waals surface area contributed by atoms with E-state index >= 15 is 0 Å². The third-order valence-corrected chi connectivity index (χ3v) is 2.14. The second-order valence-electron chi connectivity index (χ2n) is 3.75. The highest BCUT2D eigenvalue weighted by atomic mass is 15.4. The summed E-state index contributed by atoms with van der Waals surface area (Å²) in [6, 6.07) is 0. The molecule has 0 fully saturated rings. The topological polar surface area (TPSA) is 55.3 Å². The van der Waals surface area contributed by atoms with Crippen molar-refractivity contribution in [3.63, 3.8) is 0 Å². The van der Waals surface area contributed by atoms with Crippen molar-refractivity contribution >= 4 is 0 Å². The highest BCUT2D eigenvalue weighted by molar-refractivity contribution is 4.94. The van der Waals surface area contributed by atoms with Crippen LogP contribution in [0.4, 0.5) is 0 Å². The van der Waals surface area contributed by atoms with Gasteiger partial charge in [0.15, 0.2) is 0 Å². The molecule has 0 amide bonds. The van der Waals surface area contributed by atoms with Crippen LogP contribution in [0, 0.1) is 0 Å². The molecule has 3 nitrogen and oxygen atoms in total. The Balaban J connectivity index is 3.52. The van der Waals surface area contributed by atoms with E-state index < -0.39 is 0 Å². The normalized spacial score (nSPS) is 11.8. The largest absolute Gasteiger partial charge is 0.401 e. The molecule has 4 N–H and O–H groups in total. The number of rotatable bonds is 8. The molecular weight excluding hydrogens is 174 g/mol. The fourth-order valence-electron chi connectivity index (χ4n) is 1.35. The van der Waals surface area contributed by atoms with E-state index in [1.807, 2.05) is 6.20 Å². The Hall–Kier alpha value is -0.700. The van der Waals surface area contributed by atoms with Crippen molar-refractivity contribution in [2.24, 2.45) is 11.6 Å². The van der Waals surface area contributed by atoms with Crippen LogP contribution in [0.3, 0.4) is 0 Å². The molecule has 0 aromatic carbocycles. The zero-order valence-electron chi connectivity index (χ0n) is 9.63. The first-order valence-corrected chi connectivity index (χ1v) is 5.68. The first kappa shape index (κ1) is 13.3. The van der Waals surface area contributed by atoms with Gasteiger partial charge in [-0.25, -0.2) is 5.84 Å². The van der Waals surface area contributed by atoms with Gasteiger partial charge in [-0.1, -0.05) is 39.5 Å². The molecule has 0 saturated carbocycles. The molecule has 0 saturated heterocycles. The average Bonchev–Trinajstić information content (AvgIpc) is 2.13. The molecule has 14 heavy (non-hydrogen) atoms. The van der Waals surface area contributed by atoms with Crippen molar-refractivity contribution in [2.75, 3.05) is 6.54 Å². The quantitative estimate of drug-likeness (QED) is 0.358. The van der Waals surface area contributed by atoms with Crippen molar-refractivity contribution in [1.29, 1.82) is 0 Å². The predicted molar refractivity (Wildman–Crippen MR) is 62.2 cm³/mol. The van der Waals surface area contributed by atoms with Gasteiger partial charge < -0.3 is 10.7 Å². The minimum atomic E-state index is 0.880. The number of unbranched alkanes of at least 4 members (excludes halogenated alkanes) is 3. The van der Waals surface area contributed by atoms with Gasteiger partial charge in [-0.2, -0.15) is 0 Å². The maximum Gasteiger partial charge on any atom is 0.0342 e. The lowest BCUT2D eigenvalue weighted by molar-refractivity contribution is 0.373. The van der Waals surface area contributed by atoms with Crippen LogP contribution in [0.5, 0.6) is 0 Å². The maximum absolute atomic E-state index is 5.76. The number of nitrogens with zero attached hydrogens (tertiary/aromatic N) is 1. The molecule has 0 aliphatic heterocycles. The van der Waals surface area contributed by atoms with Crippen molar-refractivity contribution in [2.45, 2.75) is 52.4 Å². The molecule has 0 rings (SSSR count). The summed E-state index contributed by atoms with van der Waals surface area (Å²) in [4.78, 5) is 0. The van der Waals surface area contributed by atoms with E-state index in [4.69, 9.17) is 11.6 Å². The molecule has 84 valence electrons. The summed E-state index contributed by atoms with van der Waals surface area (Å²) < 4.78 is 0. The second kappa shape index (κ2) is 8.88. The van der Waals surface area contributed by atoms with Gasteiger partial charge in [-0.3, -0.25) is 0 Å². The van der Waals surface area contributed by atoms with Gasteiger partial charge in [0, 0.05) is 18.4 Å². The number of nitrogens with two attached hydrogens (primary N) is 2. The Labute approximate surface area is 88.1 Å². The van der Waals surface area contributed by atoms with E-state index in [2.05, 4.69) is 13.8 Å². The summed E-state index contributed by atoms with van der Waals surface area (Å²) in [6.45, 7) is 5.23. The van der Waals surface area contributed by atoms with Crippen molar-refractivity contribution < 1.29 is 0 Å². The summed E-state index contributed by atoms with van der Waals surface area (Å²) in [6.07, 6.45) is 8.83. The number of hydrogen-bond donors (Lipinski definition) is 2. The predicted octanol–water partition coefficient (Wildman–Crippen LogP) is 2.34. The van der Waals surface area contributed by atoms with Gasteiger partial charge in [0.1, 0.15) is 0 Å². The Morgan fingerprint density at radius 1 is 1.14 bits per heavy atom. The van der Waals surface area contributed by atoms with E-state index in [0.29, 0.717) is 0 Å². The number of hydrazine groups is 1. The Kier molecular flexibility index (Phi) is 8.43. The van der Waals surface area contributed by atoms with Crippen LogP contribution >= 0.6 is 0 Å². The van der Waals surface area contributed by atoms with Gasteiger partial charge in [0.25, 0.3) is 0 Å². The zero-order valence-corrected chi connectivity index (χ0v) is 9.63. The highest BCUT2D eigenvalue weighted by Crippen LogP contribution is 2.01. The van der Waals surface area contributed by atoms with Crippen LogP contribution in [0.15, 0.2) is 11.9 Å². The third kappa shape index (κ3) is 7.92. The SMILES string of the molecule is CCCCCCN(N)/C=C(\N)CCC. The van der Waals surface area contributed by atoms with E-state index in [1.54, 1.807) is 5.01 Å². The Bertz CT molecular complexity index is 155. The molecular formula is C11H25N3. The van der Waals surface area contributed by atoms with Gasteiger partial charge in [-0.05, 0) is 12.8 Å². The molecule has 0 atom stereocenters. The summed E-state index contributed by atoms with van der Waals surface area (Å²) in [5, 5.41) is 1.71. The average molecular weight is 199 g/mol. The zero-order chi connectivity index (χ0) is 10.8. The van der Waals surface area contributed by atoms with Crippen molar-refractivity contribution in [3.8, 4) is 0 Å². The van der Waals surface area contributed by atoms with Gasteiger partial charge in [0.2, 0.25) is 0 Å². The monoisotopic (exact) mass is 199 g/mol. The third-order valence-electron chi connectivity index (χ3n) is 2.14. The lowest BCUT2D eigenvalue weighted by atomic mass is 10.2. The van der Waals surface area contributed by atoms with Gasteiger partial charge >= 0.3 is 0 Å². The lowest BCUT2D eigenvalue weighted by Crippen LogP contribution is -2.27. The van der Waals surface area contributed by atoms with Crippen LogP contribution in [-0.2, 0) is 0 Å². The first-order valence-electron chi connectivity index (χ1n) is 5.68. The summed E-state index contributed by atoms with van der Waals surface area (Å²) >= 11 is 0. The highest BCUT2D eigenvalue weighted by Gasteiger charge is 1.95. The first-order chi connectivity index (χ1) is 6.70. The second-order valence-corrected chi connectivity index (χ2v) is 3.75. The lowest BCUT2D eigenvalue weighted by Gasteiger charge is -2.14. The molecule has 0 aromatic rings. The standard InChI is InChI=1S/C11H25N3/c1-3-5-6-7-9-14(13)10-11(12)8-4-2/h10H,3-9,12-13H2,1-2H3/b11-10-. The minimum absolute atomic E-state index is 0.880. The van der Waals surface area contributed by atoms with E-state index in [0.717, 1.165) is 31.5 Å². The Morgan fingerprint density at radius 2 is 1.86 bits per heavy atom. The van der Waals surface area contributed by atoms with E-state index in [-0.39, 0.29) is 0 Å². The fraction of sp³-hybridized carbons (Fsp3) is 0.818. The molecule has 0 aliphatic rings. The molecule has 0 aliphatic carbocycles. The van der Waals surface area contributed by atoms with Crippen molar-refractivity contribution in [3.05, 3.63) is 11.9 Å². The molecule has 0 heterocycles. The molecule has 0 aromatic heterocycles. The minimum Gasteiger partial charge on any atom is -0.401 e. The molecule has 0 radical (unpaired) electrons. The van der Waals surface area contributed by atoms with Crippen LogP contribution in [-0.4, -0.2) is 11.6 Å². The molecule has 0 bridgehead atoms. The molecule has 0 unspecified atom stereocenters. The van der Waals surface area contributed by atoms with Crippen molar-refractivity contribution in [1.82, 2.24) is 5.01 Å². The Morgan fingerprint density at radius 3 is 2.43 bits per heavy atom. The maximum atomic E-state index is 5.76.